The first-order chi connectivity index (χ1) is 20.2. The average Bonchev–Trinajstić information content (AvgIpc) is 3.61. The van der Waals surface area contributed by atoms with Crippen LogP contribution in [0.4, 0.5) is 14.5 Å². The zero-order chi connectivity index (χ0) is 29.7. The molecule has 6 rings (SSSR count). The Morgan fingerprint density at radius 1 is 1.07 bits per heavy atom. The summed E-state index contributed by atoms with van der Waals surface area (Å²) < 4.78 is 36.3. The molecule has 0 saturated carbocycles. The fourth-order valence-corrected chi connectivity index (χ4v) is 6.23. The third kappa shape index (κ3) is 4.67. The van der Waals surface area contributed by atoms with E-state index in [0.29, 0.717) is 40.4 Å². The molecule has 4 aromatic heterocycles. The lowest BCUT2D eigenvalue weighted by molar-refractivity contribution is -0.120. The van der Waals surface area contributed by atoms with Crippen molar-refractivity contribution >= 4 is 34.5 Å². The fourth-order valence-electron chi connectivity index (χ4n) is 5.39. The van der Waals surface area contributed by atoms with Crippen molar-refractivity contribution in [1.29, 1.82) is 0 Å². The first kappa shape index (κ1) is 27.5. The summed E-state index contributed by atoms with van der Waals surface area (Å²) in [5.74, 6) is -2.89. The highest BCUT2D eigenvalue weighted by molar-refractivity contribution is 7.13. The van der Waals surface area contributed by atoms with Gasteiger partial charge in [-0.3, -0.25) is 14.0 Å². The van der Waals surface area contributed by atoms with E-state index in [-0.39, 0.29) is 29.3 Å². The van der Waals surface area contributed by atoms with Crippen LogP contribution in [0.3, 0.4) is 0 Å². The number of thiazole rings is 1. The number of aromatic nitrogens is 4. The number of fused-ring (bicyclic) bond motifs is 1. The molecule has 1 saturated heterocycles. The number of rotatable bonds is 5. The summed E-state index contributed by atoms with van der Waals surface area (Å²) in [6.45, 7) is 1.75. The number of anilines is 1. The Kier molecular flexibility index (Phi) is 6.93. The molecule has 0 radical (unpaired) electrons. The van der Waals surface area contributed by atoms with E-state index in [1.54, 1.807) is 25.5 Å². The number of esters is 1. The highest BCUT2D eigenvalue weighted by atomic mass is 32.1. The van der Waals surface area contributed by atoms with Gasteiger partial charge in [0, 0.05) is 48.6 Å². The average molecular weight is 590 g/mol. The number of aryl methyl sites for hydroxylation is 2. The molecule has 0 bridgehead atoms. The number of halogens is 2. The molecule has 1 aliphatic heterocycles. The van der Waals surface area contributed by atoms with Gasteiger partial charge in [-0.25, -0.2) is 23.5 Å². The van der Waals surface area contributed by atoms with Gasteiger partial charge in [0.2, 0.25) is 5.91 Å². The summed E-state index contributed by atoms with van der Waals surface area (Å²) in [5.41, 5.74) is 4.12. The Morgan fingerprint density at radius 3 is 2.62 bits per heavy atom. The van der Waals surface area contributed by atoms with Crippen molar-refractivity contribution in [1.82, 2.24) is 18.9 Å². The molecule has 1 aliphatic rings. The van der Waals surface area contributed by atoms with Gasteiger partial charge in [0.05, 0.1) is 18.8 Å². The first-order valence-electron chi connectivity index (χ1n) is 13.2. The number of ether oxygens (including phenoxy) is 1. The Hall–Kier alpha value is -4.71. The van der Waals surface area contributed by atoms with E-state index in [1.807, 2.05) is 28.8 Å². The Labute approximate surface area is 242 Å². The third-order valence-corrected chi connectivity index (χ3v) is 8.24. The molecule has 1 atom stereocenters. The molecule has 12 heteroatoms. The molecule has 1 fully saturated rings. The normalized spacial score (nSPS) is 15.4. The van der Waals surface area contributed by atoms with Crippen LogP contribution in [-0.4, -0.2) is 37.9 Å². The van der Waals surface area contributed by atoms with Gasteiger partial charge in [-0.2, -0.15) is 0 Å². The van der Waals surface area contributed by atoms with Crippen LogP contribution in [0.2, 0.25) is 0 Å². The van der Waals surface area contributed by atoms with E-state index in [0.717, 1.165) is 23.3 Å². The van der Waals surface area contributed by atoms with Crippen LogP contribution in [0, 0.1) is 18.6 Å². The van der Waals surface area contributed by atoms with Crippen molar-refractivity contribution in [2.75, 3.05) is 12.0 Å². The highest BCUT2D eigenvalue weighted by Gasteiger charge is 2.36. The molecule has 0 aliphatic carbocycles. The molecule has 0 spiro atoms. The fraction of sp³-hybridized carbons (Fsp3) is 0.233. The number of benzene rings is 1. The number of hydrogen-bond donors (Lipinski definition) is 0. The monoisotopic (exact) mass is 589 g/mol. The van der Waals surface area contributed by atoms with E-state index in [1.165, 1.54) is 34.0 Å². The summed E-state index contributed by atoms with van der Waals surface area (Å²) in [7, 11) is 2.97. The van der Waals surface area contributed by atoms with E-state index >= 15 is 0 Å². The van der Waals surface area contributed by atoms with Gasteiger partial charge < -0.3 is 14.2 Å². The summed E-state index contributed by atoms with van der Waals surface area (Å²) in [4.78, 5) is 48.7. The van der Waals surface area contributed by atoms with Gasteiger partial charge >= 0.3 is 5.97 Å². The number of amides is 1. The van der Waals surface area contributed by atoms with Gasteiger partial charge in [0.25, 0.3) is 5.56 Å². The van der Waals surface area contributed by atoms with Crippen LogP contribution in [0.5, 0.6) is 0 Å². The van der Waals surface area contributed by atoms with Crippen molar-refractivity contribution in [3.63, 3.8) is 0 Å². The smallest absolute Gasteiger partial charge is 0.357 e. The van der Waals surface area contributed by atoms with Crippen LogP contribution in [0.15, 0.2) is 59.0 Å². The Morgan fingerprint density at radius 2 is 1.88 bits per heavy atom. The number of piperidine rings is 1. The molecule has 5 aromatic rings. The predicted octanol–water partition coefficient (Wildman–Crippen LogP) is 5.45. The van der Waals surface area contributed by atoms with Crippen LogP contribution in [0.1, 0.15) is 47.1 Å². The Bertz CT molecular complexity index is 1920. The summed E-state index contributed by atoms with van der Waals surface area (Å²) >= 11 is 1.23. The second kappa shape index (κ2) is 10.6. The minimum absolute atomic E-state index is 0.0883. The SMILES string of the molecule is COC(=O)c1csc(-c2c(C3CCCC(=O)N3c3ccc(F)c(F)c3)nc3cc(-c4cc(C)c(=O)n(C)c4)ccn23)n1. The van der Waals surface area contributed by atoms with Crippen molar-refractivity contribution in [3.8, 4) is 21.8 Å². The predicted molar refractivity (Wildman–Crippen MR) is 153 cm³/mol. The number of pyridine rings is 2. The lowest BCUT2D eigenvalue weighted by Crippen LogP contribution is -2.38. The highest BCUT2D eigenvalue weighted by Crippen LogP contribution is 2.41. The van der Waals surface area contributed by atoms with Crippen LogP contribution >= 0.6 is 11.3 Å². The minimum Gasteiger partial charge on any atom is -0.464 e. The molecule has 9 nitrogen and oxygen atoms in total. The van der Waals surface area contributed by atoms with Crippen molar-refractivity contribution in [2.45, 2.75) is 32.2 Å². The lowest BCUT2D eigenvalue weighted by Gasteiger charge is -2.35. The molecule has 5 heterocycles. The summed E-state index contributed by atoms with van der Waals surface area (Å²) in [6, 6.07) is 8.34. The third-order valence-electron chi connectivity index (χ3n) is 7.40. The maximum atomic E-state index is 14.3. The lowest BCUT2D eigenvalue weighted by atomic mass is 9.96. The maximum absolute atomic E-state index is 14.3. The molecule has 214 valence electrons. The van der Waals surface area contributed by atoms with Gasteiger partial charge in [-0.05, 0) is 61.2 Å². The van der Waals surface area contributed by atoms with Gasteiger partial charge in [0.15, 0.2) is 17.3 Å². The molecule has 0 N–H and O–H groups in total. The van der Waals surface area contributed by atoms with Crippen molar-refractivity contribution < 1.29 is 23.1 Å². The van der Waals surface area contributed by atoms with Crippen LogP contribution < -0.4 is 10.5 Å². The number of carbonyl (C=O) groups is 2. The zero-order valence-corrected chi connectivity index (χ0v) is 23.7. The van der Waals surface area contributed by atoms with Gasteiger partial charge in [-0.15, -0.1) is 11.3 Å². The summed E-state index contributed by atoms with van der Waals surface area (Å²) in [5, 5.41) is 2.07. The van der Waals surface area contributed by atoms with E-state index in [4.69, 9.17) is 9.72 Å². The topological polar surface area (TPSA) is 98.8 Å². The number of imidazole rings is 1. The van der Waals surface area contributed by atoms with Crippen molar-refractivity contribution in [2.24, 2.45) is 7.05 Å². The number of nitrogens with zero attached hydrogens (tertiary/aromatic N) is 5. The molecule has 1 amide bonds. The first-order valence-corrected chi connectivity index (χ1v) is 14.0. The largest absolute Gasteiger partial charge is 0.464 e. The minimum atomic E-state index is -1.06. The van der Waals surface area contributed by atoms with Gasteiger partial charge in [-0.1, -0.05) is 0 Å². The number of hydrogen-bond acceptors (Lipinski definition) is 7. The zero-order valence-electron chi connectivity index (χ0n) is 22.9. The second-order valence-corrected chi connectivity index (χ2v) is 11.0. The Balaban J connectivity index is 1.56. The van der Waals surface area contributed by atoms with Gasteiger partial charge in [0.1, 0.15) is 16.3 Å². The number of methoxy groups -OCH3 is 1. The molecule has 42 heavy (non-hydrogen) atoms. The molecule has 1 aromatic carbocycles. The molecular formula is C30H25F2N5O4S. The molecular weight excluding hydrogens is 564 g/mol. The quantitative estimate of drug-likeness (QED) is 0.253. The van der Waals surface area contributed by atoms with E-state index < -0.39 is 23.6 Å². The van der Waals surface area contributed by atoms with E-state index in [2.05, 4.69) is 4.98 Å². The molecule has 1 unspecified atom stereocenters. The van der Waals surface area contributed by atoms with Crippen LogP contribution in [-0.2, 0) is 16.6 Å². The second-order valence-electron chi connectivity index (χ2n) is 10.1. The summed E-state index contributed by atoms with van der Waals surface area (Å²) in [6.07, 6.45) is 4.91. The van der Waals surface area contributed by atoms with E-state index in [9.17, 15) is 23.2 Å². The van der Waals surface area contributed by atoms with Crippen molar-refractivity contribution in [3.05, 3.63) is 93.1 Å². The van der Waals surface area contributed by atoms with Crippen LogP contribution in [0.25, 0.3) is 27.5 Å². The number of carbonyl (C=O) groups excluding carboxylic acids is 2. The standard InChI is InChI=1S/C30H25F2N5O4S/c1-16-11-18(14-35(2)29(16)39)17-9-10-36-24(12-17)34-26(27(36)28-33-22(15-42-28)30(40)41-3)23-5-4-6-25(38)37(23)19-7-8-20(31)21(32)13-19/h7-15,23H,4-6H2,1-3H3. The maximum Gasteiger partial charge on any atom is 0.357 e.